The number of nitrogens with zero attached hydrogens (tertiary/aromatic N) is 3. The van der Waals surface area contributed by atoms with Gasteiger partial charge in [0.15, 0.2) is 0 Å². The number of fused-ring (bicyclic) bond motifs is 1. The van der Waals surface area contributed by atoms with Crippen LogP contribution in [0.15, 0.2) is 90.0 Å². The molecular formula is C30H25N3OS. The van der Waals surface area contributed by atoms with Crippen LogP contribution >= 0.6 is 11.8 Å². The fourth-order valence-corrected chi connectivity index (χ4v) is 5.35. The van der Waals surface area contributed by atoms with Crippen LogP contribution in [0, 0.1) is 18.3 Å². The number of carbonyl (C=O) groups is 1. The fourth-order valence-electron chi connectivity index (χ4n) is 4.42. The number of hydrogen-bond donors (Lipinski definition) is 0. The molecule has 0 N–H and O–H groups in total. The highest BCUT2D eigenvalue weighted by atomic mass is 32.2. The molecule has 35 heavy (non-hydrogen) atoms. The van der Waals surface area contributed by atoms with E-state index >= 15 is 0 Å². The molecule has 4 aromatic rings. The van der Waals surface area contributed by atoms with Crippen molar-refractivity contribution in [2.24, 2.45) is 0 Å². The first kappa shape index (κ1) is 22.9. The summed E-state index contributed by atoms with van der Waals surface area (Å²) in [6.07, 6.45) is 1.29. The van der Waals surface area contributed by atoms with Crippen molar-refractivity contribution in [3.63, 3.8) is 0 Å². The molecule has 1 amide bonds. The molecule has 0 atom stereocenters. The molecule has 0 spiro atoms. The number of para-hydroxylation sites is 1. The van der Waals surface area contributed by atoms with Crippen LogP contribution in [0.1, 0.15) is 23.1 Å². The minimum absolute atomic E-state index is 0.110. The number of carbonyl (C=O) groups excluding carboxylic acids is 1. The van der Waals surface area contributed by atoms with Crippen LogP contribution in [-0.4, -0.2) is 23.2 Å². The lowest BCUT2D eigenvalue weighted by atomic mass is 9.98. The van der Waals surface area contributed by atoms with Crippen LogP contribution in [-0.2, 0) is 11.2 Å². The quantitative estimate of drug-likeness (QED) is 0.292. The highest BCUT2D eigenvalue weighted by Crippen LogP contribution is 2.35. The Bertz CT molecular complexity index is 1410. The first-order valence-electron chi connectivity index (χ1n) is 11.7. The van der Waals surface area contributed by atoms with Crippen molar-refractivity contribution in [3.05, 3.63) is 102 Å². The summed E-state index contributed by atoms with van der Waals surface area (Å²) in [4.78, 5) is 19.7. The lowest BCUT2D eigenvalue weighted by Gasteiger charge is -2.17. The van der Waals surface area contributed by atoms with Gasteiger partial charge < -0.3 is 4.90 Å². The highest BCUT2D eigenvalue weighted by Gasteiger charge is 2.24. The Morgan fingerprint density at radius 3 is 2.51 bits per heavy atom. The number of pyridine rings is 1. The molecule has 4 nitrogen and oxygen atoms in total. The molecular weight excluding hydrogens is 450 g/mol. The van der Waals surface area contributed by atoms with Gasteiger partial charge in [0.05, 0.1) is 11.3 Å². The van der Waals surface area contributed by atoms with Gasteiger partial charge in [0, 0.05) is 35.5 Å². The third kappa shape index (κ3) is 4.84. The Hall–Kier alpha value is -3.88. The van der Waals surface area contributed by atoms with Crippen LogP contribution in [0.25, 0.3) is 22.4 Å². The van der Waals surface area contributed by atoms with E-state index in [-0.39, 0.29) is 5.91 Å². The Labute approximate surface area is 210 Å². The van der Waals surface area contributed by atoms with Gasteiger partial charge in [0.25, 0.3) is 0 Å². The van der Waals surface area contributed by atoms with E-state index in [4.69, 9.17) is 4.98 Å². The largest absolute Gasteiger partial charge is 0.312 e. The molecule has 3 aromatic carbocycles. The second-order valence-electron chi connectivity index (χ2n) is 8.60. The summed E-state index contributed by atoms with van der Waals surface area (Å²) in [7, 11) is 0. The molecule has 2 heterocycles. The number of aromatic nitrogens is 1. The zero-order valence-electron chi connectivity index (χ0n) is 19.6. The number of rotatable bonds is 6. The molecule has 0 bridgehead atoms. The van der Waals surface area contributed by atoms with Gasteiger partial charge in [-0.3, -0.25) is 4.79 Å². The van der Waals surface area contributed by atoms with Gasteiger partial charge in [-0.25, -0.2) is 4.98 Å². The lowest BCUT2D eigenvalue weighted by molar-refractivity contribution is -0.118. The van der Waals surface area contributed by atoms with E-state index in [0.717, 1.165) is 41.0 Å². The highest BCUT2D eigenvalue weighted by molar-refractivity contribution is 7.99. The third-order valence-electron chi connectivity index (χ3n) is 6.27. The van der Waals surface area contributed by atoms with E-state index in [0.29, 0.717) is 22.8 Å². The van der Waals surface area contributed by atoms with Crippen LogP contribution in [0.5, 0.6) is 0 Å². The van der Waals surface area contributed by atoms with Crippen LogP contribution < -0.4 is 4.90 Å². The normalized spacial score (nSPS) is 12.3. The molecule has 0 radical (unpaired) electrons. The monoisotopic (exact) mass is 475 g/mol. The van der Waals surface area contributed by atoms with Gasteiger partial charge in [0.1, 0.15) is 11.1 Å². The van der Waals surface area contributed by atoms with Crippen molar-refractivity contribution in [3.8, 4) is 28.5 Å². The van der Waals surface area contributed by atoms with E-state index < -0.39 is 0 Å². The molecule has 5 heteroatoms. The number of thioether (sulfide) groups is 1. The van der Waals surface area contributed by atoms with Crippen molar-refractivity contribution < 1.29 is 4.79 Å². The van der Waals surface area contributed by atoms with Gasteiger partial charge in [-0.15, -0.1) is 11.8 Å². The third-order valence-corrected chi connectivity index (χ3v) is 7.25. The maximum atomic E-state index is 13.0. The van der Waals surface area contributed by atoms with E-state index in [1.54, 1.807) is 0 Å². The molecule has 1 aromatic heterocycles. The predicted molar refractivity (Wildman–Crippen MR) is 142 cm³/mol. The van der Waals surface area contributed by atoms with Gasteiger partial charge in [-0.2, -0.15) is 5.26 Å². The van der Waals surface area contributed by atoms with Crippen LogP contribution in [0.2, 0.25) is 0 Å². The van der Waals surface area contributed by atoms with Crippen molar-refractivity contribution in [2.45, 2.75) is 24.8 Å². The Kier molecular flexibility index (Phi) is 6.65. The van der Waals surface area contributed by atoms with Crippen LogP contribution in [0.4, 0.5) is 5.69 Å². The van der Waals surface area contributed by atoms with E-state index in [1.807, 2.05) is 78.6 Å². The Balaban J connectivity index is 1.43. The van der Waals surface area contributed by atoms with Crippen molar-refractivity contribution in [1.82, 2.24) is 4.98 Å². The molecule has 0 fully saturated rings. The smallest absolute Gasteiger partial charge is 0.227 e. The maximum absolute atomic E-state index is 13.0. The number of hydrogen-bond acceptors (Lipinski definition) is 4. The average molecular weight is 476 g/mol. The summed E-state index contributed by atoms with van der Waals surface area (Å²) >= 11 is 1.48. The second kappa shape index (κ2) is 10.2. The van der Waals surface area contributed by atoms with Gasteiger partial charge in [0.2, 0.25) is 5.91 Å². The minimum atomic E-state index is 0.110. The van der Waals surface area contributed by atoms with E-state index in [1.165, 1.54) is 22.9 Å². The van der Waals surface area contributed by atoms with Gasteiger partial charge >= 0.3 is 0 Å². The molecule has 0 aliphatic carbocycles. The van der Waals surface area contributed by atoms with E-state index in [9.17, 15) is 10.1 Å². The van der Waals surface area contributed by atoms with Crippen molar-refractivity contribution in [2.75, 3.05) is 17.2 Å². The van der Waals surface area contributed by atoms with Gasteiger partial charge in [-0.1, -0.05) is 78.4 Å². The Morgan fingerprint density at radius 2 is 1.74 bits per heavy atom. The molecule has 172 valence electrons. The number of aryl methyl sites for hydroxylation is 1. The molecule has 0 saturated heterocycles. The second-order valence-corrected chi connectivity index (χ2v) is 9.69. The number of nitriles is 1. The van der Waals surface area contributed by atoms with Crippen LogP contribution in [0.3, 0.4) is 0 Å². The molecule has 5 rings (SSSR count). The number of amides is 1. The number of anilines is 1. The lowest BCUT2D eigenvalue weighted by Crippen LogP contribution is -2.29. The van der Waals surface area contributed by atoms with Crippen molar-refractivity contribution in [1.29, 1.82) is 5.26 Å². The summed E-state index contributed by atoms with van der Waals surface area (Å²) in [5.41, 5.74) is 7.63. The maximum Gasteiger partial charge on any atom is 0.227 e. The average Bonchev–Trinajstić information content (AvgIpc) is 3.33. The summed E-state index contributed by atoms with van der Waals surface area (Å²) in [6.45, 7) is 2.78. The summed E-state index contributed by atoms with van der Waals surface area (Å²) in [6, 6.07) is 30.7. The van der Waals surface area contributed by atoms with Crippen molar-refractivity contribution >= 4 is 23.4 Å². The fraction of sp³-hybridized carbons (Fsp3) is 0.167. The zero-order chi connectivity index (χ0) is 24.2. The standard InChI is InChI=1S/C30H25N3OS/c1-21-11-13-22(14-12-21)25-19-27(23-7-3-2-4-8-23)32-30(26(25)20-31)35-18-16-29(34)33-17-15-24-9-5-6-10-28(24)33/h2-14,19H,15-18H2,1H3. The van der Waals surface area contributed by atoms with Gasteiger partial charge in [-0.05, 0) is 36.6 Å². The first-order chi connectivity index (χ1) is 17.1. The minimum Gasteiger partial charge on any atom is -0.312 e. The molecule has 0 saturated carbocycles. The summed E-state index contributed by atoms with van der Waals surface area (Å²) < 4.78 is 0. The molecule has 1 aliphatic rings. The topological polar surface area (TPSA) is 57.0 Å². The molecule has 0 unspecified atom stereocenters. The SMILES string of the molecule is Cc1ccc(-c2cc(-c3ccccc3)nc(SCCC(=O)N3CCc4ccccc43)c2C#N)cc1. The Morgan fingerprint density at radius 1 is 1.00 bits per heavy atom. The predicted octanol–water partition coefficient (Wildman–Crippen LogP) is 6.67. The van der Waals surface area contributed by atoms with E-state index in [2.05, 4.69) is 24.3 Å². The first-order valence-corrected chi connectivity index (χ1v) is 12.7. The number of benzene rings is 3. The summed E-state index contributed by atoms with van der Waals surface area (Å²) in [5.74, 6) is 0.670. The summed E-state index contributed by atoms with van der Waals surface area (Å²) in [5, 5.41) is 10.8. The zero-order valence-corrected chi connectivity index (χ0v) is 20.4. The molecule has 1 aliphatic heterocycles.